The van der Waals surface area contributed by atoms with E-state index in [1.807, 2.05) is 6.08 Å². The van der Waals surface area contributed by atoms with Crippen molar-refractivity contribution in [3.05, 3.63) is 11.8 Å². The van der Waals surface area contributed by atoms with E-state index in [1.165, 1.54) is 0 Å². The molecular formula is C9H13NO2. The molecule has 0 unspecified atom stereocenters. The van der Waals surface area contributed by atoms with Gasteiger partial charge in [0.2, 0.25) is 5.78 Å². The summed E-state index contributed by atoms with van der Waals surface area (Å²) < 4.78 is 5.28. The molecule has 3 nitrogen and oxygen atoms in total. The van der Waals surface area contributed by atoms with Crippen LogP contribution in [0.5, 0.6) is 0 Å². The molecule has 0 aromatic rings. The van der Waals surface area contributed by atoms with Crippen molar-refractivity contribution in [2.75, 3.05) is 19.7 Å². The van der Waals surface area contributed by atoms with E-state index in [1.54, 1.807) is 0 Å². The smallest absolute Gasteiger partial charge is 0.202 e. The molecule has 0 aromatic heterocycles. The summed E-state index contributed by atoms with van der Waals surface area (Å²) in [7, 11) is 0. The quantitative estimate of drug-likeness (QED) is 0.649. The van der Waals surface area contributed by atoms with Gasteiger partial charge in [-0.05, 0) is 18.9 Å². The first-order chi connectivity index (χ1) is 5.88. The Balaban J connectivity index is 1.97. The number of hydrogen-bond donors (Lipinski definition) is 1. The van der Waals surface area contributed by atoms with Crippen LogP contribution in [0.4, 0.5) is 0 Å². The minimum atomic E-state index is 0.175. The summed E-state index contributed by atoms with van der Waals surface area (Å²) in [6, 6.07) is 0. The zero-order valence-electron chi connectivity index (χ0n) is 7.01. The van der Waals surface area contributed by atoms with Crippen LogP contribution in [-0.4, -0.2) is 25.5 Å². The van der Waals surface area contributed by atoms with E-state index >= 15 is 0 Å². The standard InChI is InChI=1S/C9H13NO2/c11-9(7-5-10-6-7)8-3-1-2-4-12-8/h3,7,10H,1-2,4-6H2. The summed E-state index contributed by atoms with van der Waals surface area (Å²) in [5.41, 5.74) is 0. The normalized spacial score (nSPS) is 23.8. The van der Waals surface area contributed by atoms with Crippen LogP contribution in [0.3, 0.4) is 0 Å². The minimum Gasteiger partial charge on any atom is -0.490 e. The minimum absolute atomic E-state index is 0.175. The van der Waals surface area contributed by atoms with Gasteiger partial charge in [0.1, 0.15) is 0 Å². The van der Waals surface area contributed by atoms with Crippen molar-refractivity contribution in [2.45, 2.75) is 12.8 Å². The Morgan fingerprint density at radius 3 is 2.92 bits per heavy atom. The molecule has 2 aliphatic heterocycles. The lowest BCUT2D eigenvalue weighted by Gasteiger charge is -2.27. The number of ketones is 1. The molecule has 1 N–H and O–H groups in total. The van der Waals surface area contributed by atoms with Gasteiger partial charge in [0, 0.05) is 13.1 Å². The van der Waals surface area contributed by atoms with Crippen molar-refractivity contribution < 1.29 is 9.53 Å². The summed E-state index contributed by atoms with van der Waals surface area (Å²) in [6.07, 6.45) is 3.95. The van der Waals surface area contributed by atoms with Gasteiger partial charge in [-0.1, -0.05) is 0 Å². The third kappa shape index (κ3) is 1.37. The molecule has 2 rings (SSSR count). The highest BCUT2D eigenvalue weighted by Crippen LogP contribution is 2.17. The monoisotopic (exact) mass is 167 g/mol. The molecule has 66 valence electrons. The van der Waals surface area contributed by atoms with Crippen LogP contribution in [0.2, 0.25) is 0 Å². The molecular weight excluding hydrogens is 154 g/mol. The lowest BCUT2D eigenvalue weighted by molar-refractivity contribution is -0.124. The third-order valence-corrected chi connectivity index (χ3v) is 2.33. The van der Waals surface area contributed by atoms with Gasteiger partial charge in [0.15, 0.2) is 5.76 Å². The second-order valence-electron chi connectivity index (χ2n) is 3.28. The van der Waals surface area contributed by atoms with Gasteiger partial charge in [-0.3, -0.25) is 4.79 Å². The van der Waals surface area contributed by atoms with Crippen LogP contribution < -0.4 is 5.32 Å². The highest BCUT2D eigenvalue weighted by Gasteiger charge is 2.28. The van der Waals surface area contributed by atoms with Crippen molar-refractivity contribution in [1.82, 2.24) is 5.32 Å². The Kier molecular flexibility index (Phi) is 2.13. The average molecular weight is 167 g/mol. The largest absolute Gasteiger partial charge is 0.490 e. The van der Waals surface area contributed by atoms with Crippen LogP contribution >= 0.6 is 0 Å². The predicted octanol–water partition coefficient (Wildman–Crippen LogP) is 0.469. The van der Waals surface area contributed by atoms with E-state index in [0.29, 0.717) is 12.4 Å². The van der Waals surface area contributed by atoms with Crippen molar-refractivity contribution >= 4 is 5.78 Å². The third-order valence-electron chi connectivity index (χ3n) is 2.33. The lowest BCUT2D eigenvalue weighted by atomic mass is 9.96. The molecule has 0 radical (unpaired) electrons. The molecule has 3 heteroatoms. The Morgan fingerprint density at radius 2 is 2.42 bits per heavy atom. The van der Waals surface area contributed by atoms with Gasteiger partial charge in [0.25, 0.3) is 0 Å². The topological polar surface area (TPSA) is 38.3 Å². The number of Topliss-reactive ketones (excluding diaryl/α,β-unsaturated/α-hetero) is 1. The number of ether oxygens (including phenoxy) is 1. The molecule has 0 saturated carbocycles. The maximum Gasteiger partial charge on any atom is 0.202 e. The molecule has 0 aromatic carbocycles. The van der Waals surface area contributed by atoms with Crippen molar-refractivity contribution in [3.8, 4) is 0 Å². The fourth-order valence-corrected chi connectivity index (χ4v) is 1.40. The molecule has 0 amide bonds. The fourth-order valence-electron chi connectivity index (χ4n) is 1.40. The van der Waals surface area contributed by atoms with Crippen LogP contribution in [-0.2, 0) is 9.53 Å². The van der Waals surface area contributed by atoms with Gasteiger partial charge in [0.05, 0.1) is 12.5 Å². The maximum absolute atomic E-state index is 11.5. The molecule has 0 spiro atoms. The van der Waals surface area contributed by atoms with E-state index in [0.717, 1.165) is 25.9 Å². The number of allylic oxidation sites excluding steroid dienone is 2. The first kappa shape index (κ1) is 7.80. The summed E-state index contributed by atoms with van der Waals surface area (Å²) in [5.74, 6) is 0.968. The van der Waals surface area contributed by atoms with Crippen LogP contribution in [0.25, 0.3) is 0 Å². The first-order valence-corrected chi connectivity index (χ1v) is 4.46. The Hall–Kier alpha value is -0.830. The van der Waals surface area contributed by atoms with Crippen molar-refractivity contribution in [3.63, 3.8) is 0 Å². The second kappa shape index (κ2) is 3.27. The number of carbonyl (C=O) groups excluding carboxylic acids is 1. The number of rotatable bonds is 2. The highest BCUT2D eigenvalue weighted by atomic mass is 16.5. The summed E-state index contributed by atoms with van der Waals surface area (Å²) in [5, 5.41) is 3.08. The van der Waals surface area contributed by atoms with E-state index in [9.17, 15) is 4.79 Å². The maximum atomic E-state index is 11.5. The van der Waals surface area contributed by atoms with Gasteiger partial charge in [-0.2, -0.15) is 0 Å². The molecule has 0 bridgehead atoms. The molecule has 2 aliphatic rings. The molecule has 0 aliphatic carbocycles. The Morgan fingerprint density at radius 1 is 1.58 bits per heavy atom. The van der Waals surface area contributed by atoms with Crippen LogP contribution in [0.1, 0.15) is 12.8 Å². The highest BCUT2D eigenvalue weighted by molar-refractivity contribution is 5.96. The lowest BCUT2D eigenvalue weighted by Crippen LogP contribution is -2.47. The average Bonchev–Trinajstić information content (AvgIpc) is 2.03. The summed E-state index contributed by atoms with van der Waals surface area (Å²) in [6.45, 7) is 2.34. The van der Waals surface area contributed by atoms with Gasteiger partial charge in [-0.25, -0.2) is 0 Å². The summed E-state index contributed by atoms with van der Waals surface area (Å²) >= 11 is 0. The number of carbonyl (C=O) groups is 1. The Labute approximate surface area is 71.8 Å². The predicted molar refractivity (Wildman–Crippen MR) is 44.6 cm³/mol. The number of hydrogen-bond acceptors (Lipinski definition) is 3. The number of nitrogens with one attached hydrogen (secondary N) is 1. The molecule has 12 heavy (non-hydrogen) atoms. The van der Waals surface area contributed by atoms with Gasteiger partial charge >= 0.3 is 0 Å². The van der Waals surface area contributed by atoms with E-state index in [4.69, 9.17) is 4.74 Å². The molecule has 1 saturated heterocycles. The van der Waals surface area contributed by atoms with E-state index < -0.39 is 0 Å². The fraction of sp³-hybridized carbons (Fsp3) is 0.667. The molecule has 2 heterocycles. The van der Waals surface area contributed by atoms with Gasteiger partial charge < -0.3 is 10.1 Å². The Bertz CT molecular complexity index is 219. The van der Waals surface area contributed by atoms with E-state index in [2.05, 4.69) is 5.32 Å². The van der Waals surface area contributed by atoms with Crippen molar-refractivity contribution in [2.24, 2.45) is 5.92 Å². The zero-order valence-corrected chi connectivity index (χ0v) is 7.01. The van der Waals surface area contributed by atoms with Gasteiger partial charge in [-0.15, -0.1) is 0 Å². The SMILES string of the molecule is O=C(C1=CCCCO1)C1CNC1. The second-order valence-corrected chi connectivity index (χ2v) is 3.28. The van der Waals surface area contributed by atoms with E-state index in [-0.39, 0.29) is 11.7 Å². The van der Waals surface area contributed by atoms with Crippen molar-refractivity contribution in [1.29, 1.82) is 0 Å². The van der Waals surface area contributed by atoms with Crippen LogP contribution in [0.15, 0.2) is 11.8 Å². The molecule has 1 fully saturated rings. The van der Waals surface area contributed by atoms with Crippen LogP contribution in [0, 0.1) is 5.92 Å². The summed E-state index contributed by atoms with van der Waals surface area (Å²) in [4.78, 5) is 11.5. The zero-order chi connectivity index (χ0) is 8.39. The first-order valence-electron chi connectivity index (χ1n) is 4.46. The molecule has 0 atom stereocenters.